The van der Waals surface area contributed by atoms with Crippen LogP contribution >= 0.6 is 0 Å². The van der Waals surface area contributed by atoms with Gasteiger partial charge in [-0.2, -0.15) is 10.1 Å². The number of nitrogens with zero attached hydrogens (tertiary/aromatic N) is 6. The summed E-state index contributed by atoms with van der Waals surface area (Å²) in [6, 6.07) is 18.6. The Balaban J connectivity index is 1.08. The van der Waals surface area contributed by atoms with E-state index in [0.717, 1.165) is 44.5 Å². The average Bonchev–Trinajstić information content (AvgIpc) is 3.78. The second-order valence-electron chi connectivity index (χ2n) is 14.5. The van der Waals surface area contributed by atoms with Crippen LogP contribution in [0.1, 0.15) is 47.4 Å². The molecule has 0 bridgehead atoms. The number of carbonyl (C=O) groups excluding carboxylic acids is 1. The molecule has 0 unspecified atom stereocenters. The molecule has 1 aliphatic heterocycles. The topological polar surface area (TPSA) is 141 Å². The van der Waals surface area contributed by atoms with Crippen molar-refractivity contribution in [3.05, 3.63) is 106 Å². The number of H-pyrrole nitrogens is 1. The largest absolute Gasteiger partial charge is 0.436 e. The molecule has 1 saturated heterocycles. The van der Waals surface area contributed by atoms with Crippen LogP contribution in [0.15, 0.2) is 82.5 Å². The quantitative estimate of drug-likeness (QED) is 0.109. The molecular weight excluding hydrogens is 663 g/mol. The van der Waals surface area contributed by atoms with Gasteiger partial charge in [0.05, 0.1) is 5.52 Å². The summed E-state index contributed by atoms with van der Waals surface area (Å²) in [5.74, 6) is 0.601. The summed E-state index contributed by atoms with van der Waals surface area (Å²) in [4.78, 5) is 40.1. The first-order valence-electron chi connectivity index (χ1n) is 17.5. The fourth-order valence-electron chi connectivity index (χ4n) is 6.57. The highest BCUT2D eigenvalue weighted by molar-refractivity contribution is 6.76. The molecule has 1 N–H and O–H groups in total. The first-order chi connectivity index (χ1) is 24.6. The van der Waals surface area contributed by atoms with E-state index >= 15 is 0 Å². The number of rotatable bonds is 11. The zero-order valence-electron chi connectivity index (χ0n) is 29.5. The molecule has 5 heterocycles. The number of likely N-dealkylation sites (tertiary alicyclic amines) is 1. The molecule has 1 fully saturated rings. The number of carbonyl (C=O) groups is 1. The van der Waals surface area contributed by atoms with Gasteiger partial charge in [0.25, 0.3) is 11.4 Å². The zero-order valence-corrected chi connectivity index (χ0v) is 30.5. The molecule has 13 heteroatoms. The van der Waals surface area contributed by atoms with Crippen LogP contribution in [0, 0.1) is 6.92 Å². The Labute approximate surface area is 296 Å². The molecule has 6 aromatic rings. The monoisotopic (exact) mass is 705 g/mol. The van der Waals surface area contributed by atoms with Gasteiger partial charge < -0.3 is 23.9 Å². The van der Waals surface area contributed by atoms with Gasteiger partial charge in [0.15, 0.2) is 6.10 Å². The van der Waals surface area contributed by atoms with Gasteiger partial charge in [-0.1, -0.05) is 49.1 Å². The number of aryl methyl sites for hydroxylation is 1. The Morgan fingerprint density at radius 2 is 1.90 bits per heavy atom. The van der Waals surface area contributed by atoms with Gasteiger partial charge in [-0.3, -0.25) is 9.78 Å². The third kappa shape index (κ3) is 8.10. The van der Waals surface area contributed by atoms with Gasteiger partial charge in [0.1, 0.15) is 6.73 Å². The first-order valence-corrected chi connectivity index (χ1v) is 21.2. The van der Waals surface area contributed by atoms with Crippen LogP contribution in [0.2, 0.25) is 25.7 Å². The number of aromatic nitrogens is 6. The maximum absolute atomic E-state index is 13.7. The molecule has 1 atom stereocenters. The van der Waals surface area contributed by atoms with E-state index in [4.69, 9.17) is 19.1 Å². The van der Waals surface area contributed by atoms with Crippen LogP contribution in [0.4, 0.5) is 4.79 Å². The normalized spacial score (nSPS) is 14.7. The number of aromatic amines is 1. The zero-order chi connectivity index (χ0) is 35.5. The lowest BCUT2D eigenvalue weighted by molar-refractivity contribution is 0.0416. The van der Waals surface area contributed by atoms with Crippen molar-refractivity contribution in [3.8, 4) is 11.4 Å². The Bertz CT molecular complexity index is 2200. The summed E-state index contributed by atoms with van der Waals surface area (Å²) in [6.07, 6.45) is 5.63. The lowest BCUT2D eigenvalue weighted by Gasteiger charge is -2.32. The molecule has 51 heavy (non-hydrogen) atoms. The van der Waals surface area contributed by atoms with Crippen molar-refractivity contribution in [2.75, 3.05) is 19.7 Å². The molecule has 0 radical (unpaired) electrons. The summed E-state index contributed by atoms with van der Waals surface area (Å²) in [6.45, 7) is 11.0. The van der Waals surface area contributed by atoms with Gasteiger partial charge >= 0.3 is 6.09 Å². The summed E-state index contributed by atoms with van der Waals surface area (Å²) < 4.78 is 19.7. The van der Waals surface area contributed by atoms with Crippen molar-refractivity contribution in [2.24, 2.45) is 0 Å². The van der Waals surface area contributed by atoms with Gasteiger partial charge in [-0.15, -0.1) is 0 Å². The highest BCUT2D eigenvalue weighted by Gasteiger charge is 2.31. The van der Waals surface area contributed by atoms with Gasteiger partial charge in [0, 0.05) is 74.8 Å². The Morgan fingerprint density at radius 3 is 2.69 bits per heavy atom. The highest BCUT2D eigenvalue weighted by Crippen LogP contribution is 2.31. The minimum absolute atomic E-state index is 0.0394. The van der Waals surface area contributed by atoms with Crippen molar-refractivity contribution < 1.29 is 18.8 Å². The smallest absolute Gasteiger partial charge is 0.410 e. The van der Waals surface area contributed by atoms with E-state index < -0.39 is 20.3 Å². The van der Waals surface area contributed by atoms with Crippen LogP contribution in [0.3, 0.4) is 0 Å². The number of hydrogen-bond donors (Lipinski definition) is 1. The SMILES string of the molecule is Cc1cc(C[C@@H](OC(=O)N2CCC(c3cc4ccccc4[nH]c3=O)CC2)c2nc(-c3cccnc3)no2)cc2cn(COCC[Si](C)(C)C)nc12. The molecule has 2 aromatic carbocycles. The van der Waals surface area contributed by atoms with Crippen molar-refractivity contribution in [1.29, 1.82) is 0 Å². The molecule has 1 aliphatic rings. The van der Waals surface area contributed by atoms with Crippen LogP contribution < -0.4 is 5.56 Å². The fourth-order valence-corrected chi connectivity index (χ4v) is 7.32. The number of benzene rings is 2. The average molecular weight is 706 g/mol. The molecule has 1 amide bonds. The van der Waals surface area contributed by atoms with Crippen LogP contribution in [0.5, 0.6) is 0 Å². The number of pyridine rings is 2. The lowest BCUT2D eigenvalue weighted by atomic mass is 9.89. The maximum atomic E-state index is 13.7. The molecule has 4 aromatic heterocycles. The third-order valence-corrected chi connectivity index (χ3v) is 11.1. The Kier molecular flexibility index (Phi) is 9.83. The molecule has 7 rings (SSSR count). The lowest BCUT2D eigenvalue weighted by Crippen LogP contribution is -2.39. The van der Waals surface area contributed by atoms with Gasteiger partial charge in [-0.25, -0.2) is 9.48 Å². The fraction of sp³-hybridized carbons (Fsp3) is 0.368. The van der Waals surface area contributed by atoms with Gasteiger partial charge in [0.2, 0.25) is 5.82 Å². The third-order valence-electron chi connectivity index (χ3n) is 9.40. The van der Waals surface area contributed by atoms with Crippen LogP contribution in [0.25, 0.3) is 33.2 Å². The molecule has 0 saturated carbocycles. The minimum Gasteiger partial charge on any atom is -0.436 e. The summed E-state index contributed by atoms with van der Waals surface area (Å²) in [7, 11) is -1.18. The Hall–Kier alpha value is -5.14. The molecular formula is C38H43N7O5Si. The summed E-state index contributed by atoms with van der Waals surface area (Å²) >= 11 is 0. The molecule has 0 spiro atoms. The second-order valence-corrected chi connectivity index (χ2v) is 20.2. The highest BCUT2D eigenvalue weighted by atomic mass is 28.3. The summed E-state index contributed by atoms with van der Waals surface area (Å²) in [5.41, 5.74) is 5.01. The van der Waals surface area contributed by atoms with E-state index in [-0.39, 0.29) is 17.4 Å². The van der Waals surface area contributed by atoms with E-state index in [1.807, 2.05) is 54.2 Å². The van der Waals surface area contributed by atoms with Gasteiger partial charge in [-0.05, 0) is 78.6 Å². The number of hydrogen-bond acceptors (Lipinski definition) is 9. The standard InChI is InChI=1S/C38H43N7O5Si/c1-25-18-26(19-30-23-45(42-34(25)30)24-48-16-17-51(2,3)4)20-33(37-41-35(43-50-37)29-9-7-13-39-22-29)49-38(47)44-14-11-27(12-15-44)31-21-28-8-5-6-10-32(28)40-36(31)46/h5-10,13,18-19,21-23,27,33H,11-12,14-17,20,24H2,1-4H3,(H,40,46)/t33-/m1/s1. The van der Waals surface area contributed by atoms with Crippen molar-refractivity contribution in [3.63, 3.8) is 0 Å². The molecule has 264 valence electrons. The van der Waals surface area contributed by atoms with E-state index in [1.54, 1.807) is 23.4 Å². The predicted octanol–water partition coefficient (Wildman–Crippen LogP) is 7.24. The predicted molar refractivity (Wildman–Crippen MR) is 197 cm³/mol. The summed E-state index contributed by atoms with van der Waals surface area (Å²) in [5, 5.41) is 10.9. The van der Waals surface area contributed by atoms with Crippen molar-refractivity contribution in [2.45, 2.75) is 70.6 Å². The minimum atomic E-state index is -1.18. The second kappa shape index (κ2) is 14.6. The number of ether oxygens (including phenoxy) is 2. The van der Waals surface area contributed by atoms with Crippen LogP contribution in [-0.4, -0.2) is 68.7 Å². The maximum Gasteiger partial charge on any atom is 0.410 e. The molecule has 0 aliphatic carbocycles. The van der Waals surface area contributed by atoms with E-state index in [0.29, 0.717) is 57.1 Å². The first kappa shape index (κ1) is 34.3. The molecule has 12 nitrogen and oxygen atoms in total. The number of amides is 1. The van der Waals surface area contributed by atoms with E-state index in [9.17, 15) is 9.59 Å². The number of fused-ring (bicyclic) bond motifs is 2. The Morgan fingerprint density at radius 1 is 1.08 bits per heavy atom. The van der Waals surface area contributed by atoms with E-state index in [1.165, 1.54) is 0 Å². The number of piperidine rings is 1. The van der Waals surface area contributed by atoms with Crippen LogP contribution in [-0.2, 0) is 22.6 Å². The van der Waals surface area contributed by atoms with Crippen molar-refractivity contribution in [1.82, 2.24) is 34.8 Å². The number of nitrogens with one attached hydrogen (secondary N) is 1. The van der Waals surface area contributed by atoms with Crippen molar-refractivity contribution >= 4 is 36.0 Å². The van der Waals surface area contributed by atoms with E-state index in [2.05, 4.69) is 51.9 Å². The number of para-hydroxylation sites is 1.